The van der Waals surface area contributed by atoms with Crippen LogP contribution >= 0.6 is 0 Å². The van der Waals surface area contributed by atoms with E-state index in [4.69, 9.17) is 0 Å². The maximum atomic E-state index is 2.46. The molecular formula is C59H100. The fourth-order valence-corrected chi connectivity index (χ4v) is 17.1. The van der Waals surface area contributed by atoms with E-state index in [1.807, 2.05) is 0 Å². The number of fused-ring (bicyclic) bond motifs is 8. The van der Waals surface area contributed by atoms with Crippen molar-refractivity contribution in [2.24, 2.45) is 107 Å². The highest BCUT2D eigenvalue weighted by Crippen LogP contribution is 2.63. The van der Waals surface area contributed by atoms with Gasteiger partial charge in [-0.2, -0.15) is 0 Å². The average molecular weight is 809 g/mol. The highest BCUT2D eigenvalue weighted by atomic mass is 14.6. The molecule has 5 fully saturated rings. The molecule has 18 atom stereocenters. The minimum Gasteiger partial charge on any atom is -0.0879 e. The predicted molar refractivity (Wildman–Crippen MR) is 260 cm³/mol. The van der Waals surface area contributed by atoms with Crippen molar-refractivity contribution in [1.29, 1.82) is 0 Å². The first-order valence-electron chi connectivity index (χ1n) is 27.1. The zero-order valence-electron chi connectivity index (χ0n) is 42.0. The minimum atomic E-state index is 0.858. The summed E-state index contributed by atoms with van der Waals surface area (Å²) in [5.74, 6) is 18.3. The normalized spacial score (nSPS) is 44.0. The highest BCUT2D eigenvalue weighted by Gasteiger charge is 2.55. The van der Waals surface area contributed by atoms with Crippen LogP contribution in [0.25, 0.3) is 0 Å². The third-order valence-corrected chi connectivity index (χ3v) is 21.3. The maximum Gasteiger partial charge on any atom is -0.0162 e. The monoisotopic (exact) mass is 809 g/mol. The molecule has 9 aliphatic carbocycles. The molecule has 336 valence electrons. The van der Waals surface area contributed by atoms with E-state index >= 15 is 0 Å². The Morgan fingerprint density at radius 1 is 0.458 bits per heavy atom. The van der Waals surface area contributed by atoms with Crippen LogP contribution in [0.1, 0.15) is 219 Å². The van der Waals surface area contributed by atoms with Crippen LogP contribution in [-0.2, 0) is 0 Å². The van der Waals surface area contributed by atoms with Gasteiger partial charge in [-0.25, -0.2) is 0 Å². The second-order valence-corrected chi connectivity index (χ2v) is 22.9. The molecule has 5 saturated carbocycles. The summed E-state index contributed by atoms with van der Waals surface area (Å²) in [7, 11) is 0. The van der Waals surface area contributed by atoms with Gasteiger partial charge in [0.1, 0.15) is 0 Å². The molecule has 0 radical (unpaired) electrons. The van der Waals surface area contributed by atoms with Crippen molar-refractivity contribution >= 4 is 0 Å². The molecule has 0 heteroatoms. The summed E-state index contributed by atoms with van der Waals surface area (Å²) in [6, 6.07) is 0. The van der Waals surface area contributed by atoms with E-state index < -0.39 is 0 Å². The second kappa shape index (κ2) is 21.1. The van der Waals surface area contributed by atoms with Crippen LogP contribution in [0.2, 0.25) is 0 Å². The fraction of sp³-hybridized carbons (Fsp3) is 0.864. The molecule has 9 aliphatic rings. The molecular weight excluding hydrogens is 709 g/mol. The van der Waals surface area contributed by atoms with Gasteiger partial charge in [0.05, 0.1) is 0 Å². The first-order valence-corrected chi connectivity index (χ1v) is 27.1. The van der Waals surface area contributed by atoms with Crippen LogP contribution in [0.3, 0.4) is 0 Å². The molecule has 0 heterocycles. The largest absolute Gasteiger partial charge is 0.0879 e. The Balaban J connectivity index is 0.000000133. The SMILES string of the molecule is CCC1=C(CC)CC2CC=CC2C1.CC[C@@H]1CC2C(C)=C(C)C(C)C2C[C@@H]1CC.CC[C@@H]1CC2C(C)=C(C)C(C)C2C[C@@H]1CC.CC[C@H]1CC2C3CCC(C3)C2[C@H]1CC. The Bertz CT molecular complexity index is 1420. The second-order valence-electron chi connectivity index (χ2n) is 22.9. The van der Waals surface area contributed by atoms with E-state index in [-0.39, 0.29) is 0 Å². The van der Waals surface area contributed by atoms with Crippen LogP contribution in [-0.4, -0.2) is 0 Å². The molecule has 0 aromatic carbocycles. The zero-order chi connectivity index (χ0) is 42.7. The number of allylic oxidation sites excluding steroid dienone is 8. The van der Waals surface area contributed by atoms with Crippen LogP contribution in [0, 0.1) is 107 Å². The van der Waals surface area contributed by atoms with E-state index in [0.717, 1.165) is 94.7 Å². The Labute approximate surface area is 369 Å². The van der Waals surface area contributed by atoms with E-state index in [9.17, 15) is 0 Å². The molecule has 12 unspecified atom stereocenters. The van der Waals surface area contributed by atoms with E-state index in [1.165, 1.54) is 108 Å². The molecule has 0 amide bonds. The van der Waals surface area contributed by atoms with Gasteiger partial charge in [-0.05, 0) is 218 Å². The standard InChI is InChI=1S/2C16H28.C14H24.C13H20/c2*1-6-13-8-15-11(4)10(3)12(5)16(15)9-14(13)7-2;1-3-9-8-13-10-5-6-11(7-10)14(13)12(9)4-2;1-3-10-8-12-6-5-7-13(12)9-11(10)4-2/h2*11,13-16H,6-9H2,1-5H3;9-14H,3-8H2,1-2H3;5-6,12-13H,3-4,7-9H2,1-2H3/t2*11?,13-,14+,15?,16?;9-,10?,11?,12-,13?,14?;/m000./s1. The van der Waals surface area contributed by atoms with Gasteiger partial charge in [0.2, 0.25) is 0 Å². The summed E-state index contributed by atoms with van der Waals surface area (Å²) < 4.78 is 0. The summed E-state index contributed by atoms with van der Waals surface area (Å²) in [4.78, 5) is 0. The van der Waals surface area contributed by atoms with Crippen molar-refractivity contribution in [3.05, 3.63) is 45.6 Å². The lowest BCUT2D eigenvalue weighted by atomic mass is 9.65. The molecule has 0 aromatic heterocycles. The summed E-state index contributed by atoms with van der Waals surface area (Å²) in [5, 5.41) is 0. The third kappa shape index (κ3) is 9.59. The van der Waals surface area contributed by atoms with E-state index in [1.54, 1.807) is 59.1 Å². The van der Waals surface area contributed by atoms with Crippen LogP contribution < -0.4 is 0 Å². The molecule has 59 heavy (non-hydrogen) atoms. The number of rotatable bonds is 8. The first kappa shape index (κ1) is 47.4. The van der Waals surface area contributed by atoms with Crippen molar-refractivity contribution in [3.63, 3.8) is 0 Å². The summed E-state index contributed by atoms with van der Waals surface area (Å²) in [5.41, 5.74) is 10.4. The number of hydrogen-bond donors (Lipinski definition) is 0. The van der Waals surface area contributed by atoms with Gasteiger partial charge >= 0.3 is 0 Å². The van der Waals surface area contributed by atoms with Crippen molar-refractivity contribution in [1.82, 2.24) is 0 Å². The summed E-state index contributed by atoms with van der Waals surface area (Å²) >= 11 is 0. The van der Waals surface area contributed by atoms with Gasteiger partial charge in [-0.3, -0.25) is 0 Å². The maximum absolute atomic E-state index is 2.46. The van der Waals surface area contributed by atoms with Crippen LogP contribution in [0.5, 0.6) is 0 Å². The lowest BCUT2D eigenvalue weighted by Crippen LogP contribution is -2.32. The Morgan fingerprint density at radius 2 is 0.915 bits per heavy atom. The number of hydrogen-bond acceptors (Lipinski definition) is 0. The van der Waals surface area contributed by atoms with Gasteiger partial charge in [0.15, 0.2) is 0 Å². The van der Waals surface area contributed by atoms with Crippen molar-refractivity contribution in [2.45, 2.75) is 219 Å². The Morgan fingerprint density at radius 3 is 1.39 bits per heavy atom. The van der Waals surface area contributed by atoms with Gasteiger partial charge in [0.25, 0.3) is 0 Å². The lowest BCUT2D eigenvalue weighted by molar-refractivity contribution is 0.114. The Hall–Kier alpha value is -1.04. The van der Waals surface area contributed by atoms with Crippen molar-refractivity contribution in [3.8, 4) is 0 Å². The first-order chi connectivity index (χ1) is 28.4. The van der Waals surface area contributed by atoms with Crippen molar-refractivity contribution < 1.29 is 0 Å². The van der Waals surface area contributed by atoms with Crippen LogP contribution in [0.15, 0.2) is 45.6 Å². The smallest absolute Gasteiger partial charge is 0.0162 e. The van der Waals surface area contributed by atoms with Gasteiger partial charge in [-0.15, -0.1) is 0 Å². The predicted octanol–water partition coefficient (Wildman–Crippen LogP) is 18.3. The molecule has 0 nitrogen and oxygen atoms in total. The van der Waals surface area contributed by atoms with Crippen molar-refractivity contribution in [2.75, 3.05) is 0 Å². The molecule has 0 spiro atoms. The zero-order valence-corrected chi connectivity index (χ0v) is 42.0. The van der Waals surface area contributed by atoms with E-state index in [2.05, 4.69) is 109 Å². The molecule has 0 aromatic rings. The molecule has 0 aliphatic heterocycles. The minimum absolute atomic E-state index is 0.858. The molecule has 0 saturated heterocycles. The molecule has 0 N–H and O–H groups in total. The average Bonchev–Trinajstić information content (AvgIpc) is 4.13. The fourth-order valence-electron chi connectivity index (χ4n) is 17.1. The topological polar surface area (TPSA) is 0 Å². The van der Waals surface area contributed by atoms with Crippen LogP contribution in [0.4, 0.5) is 0 Å². The quantitative estimate of drug-likeness (QED) is 0.214. The van der Waals surface area contributed by atoms with Gasteiger partial charge in [-0.1, -0.05) is 153 Å². The molecule has 2 bridgehead atoms. The lowest BCUT2D eigenvalue weighted by Gasteiger charge is -2.40. The summed E-state index contributed by atoms with van der Waals surface area (Å²) in [6.07, 6.45) is 32.3. The van der Waals surface area contributed by atoms with E-state index in [0.29, 0.717) is 0 Å². The van der Waals surface area contributed by atoms with Gasteiger partial charge < -0.3 is 0 Å². The van der Waals surface area contributed by atoms with Gasteiger partial charge in [0, 0.05) is 0 Å². The highest BCUT2D eigenvalue weighted by molar-refractivity contribution is 5.27. The Kier molecular flexibility index (Phi) is 17.0. The molecule has 9 rings (SSSR count). The third-order valence-electron chi connectivity index (χ3n) is 21.3. The summed E-state index contributed by atoms with van der Waals surface area (Å²) in [6.45, 7) is 33.5.